The fourth-order valence-electron chi connectivity index (χ4n) is 3.44. The molecule has 0 aromatic heterocycles. The van der Waals surface area contributed by atoms with E-state index in [9.17, 15) is 4.39 Å². The van der Waals surface area contributed by atoms with Crippen LogP contribution in [0.25, 0.3) is 0 Å². The predicted molar refractivity (Wildman–Crippen MR) is 82.0 cm³/mol. The topological polar surface area (TPSA) is 29.3 Å². The highest BCUT2D eigenvalue weighted by Crippen LogP contribution is 2.32. The molecule has 0 spiro atoms. The van der Waals surface area contributed by atoms with E-state index in [1.165, 1.54) is 44.2 Å². The Morgan fingerprint density at radius 3 is 2.30 bits per heavy atom. The maximum absolute atomic E-state index is 13.0. The second kappa shape index (κ2) is 7.19. The van der Waals surface area contributed by atoms with E-state index in [0.717, 1.165) is 11.5 Å². The summed E-state index contributed by atoms with van der Waals surface area (Å²) in [4.78, 5) is 2.40. The van der Waals surface area contributed by atoms with Gasteiger partial charge in [0, 0.05) is 18.6 Å². The van der Waals surface area contributed by atoms with Crippen molar-refractivity contribution in [3.63, 3.8) is 0 Å². The average molecular weight is 278 g/mol. The Morgan fingerprint density at radius 1 is 1.20 bits per heavy atom. The molecule has 1 fully saturated rings. The van der Waals surface area contributed by atoms with Gasteiger partial charge in [0.1, 0.15) is 5.82 Å². The molecule has 0 heterocycles. The lowest BCUT2D eigenvalue weighted by molar-refractivity contribution is 0.122. The number of halogens is 1. The van der Waals surface area contributed by atoms with Crippen molar-refractivity contribution in [3.05, 3.63) is 35.6 Å². The van der Waals surface area contributed by atoms with Crippen LogP contribution in [0.5, 0.6) is 0 Å². The monoisotopic (exact) mass is 278 g/mol. The molecule has 2 N–H and O–H groups in total. The van der Waals surface area contributed by atoms with E-state index in [-0.39, 0.29) is 11.9 Å². The molecule has 1 unspecified atom stereocenters. The maximum atomic E-state index is 13.0. The zero-order chi connectivity index (χ0) is 14.5. The van der Waals surface area contributed by atoms with Crippen LogP contribution in [-0.4, -0.2) is 24.5 Å². The molecular formula is C17H27FN2. The summed E-state index contributed by atoms with van der Waals surface area (Å²) >= 11 is 0. The highest BCUT2D eigenvalue weighted by molar-refractivity contribution is 5.20. The van der Waals surface area contributed by atoms with Crippen molar-refractivity contribution < 1.29 is 4.39 Å². The molecule has 0 aliphatic heterocycles. The van der Waals surface area contributed by atoms with Gasteiger partial charge < -0.3 is 5.73 Å². The fourth-order valence-corrected chi connectivity index (χ4v) is 3.44. The van der Waals surface area contributed by atoms with E-state index < -0.39 is 0 Å². The van der Waals surface area contributed by atoms with Gasteiger partial charge in [0.15, 0.2) is 0 Å². The molecule has 0 amide bonds. The molecule has 3 heteroatoms. The molecule has 0 bridgehead atoms. The molecule has 0 radical (unpaired) electrons. The minimum Gasteiger partial charge on any atom is -0.329 e. The second-order valence-electron chi connectivity index (χ2n) is 6.05. The third kappa shape index (κ3) is 3.58. The van der Waals surface area contributed by atoms with Crippen molar-refractivity contribution in [1.82, 2.24) is 4.90 Å². The molecule has 1 aliphatic carbocycles. The van der Waals surface area contributed by atoms with Gasteiger partial charge >= 0.3 is 0 Å². The van der Waals surface area contributed by atoms with Crippen LogP contribution in [0.4, 0.5) is 4.39 Å². The van der Waals surface area contributed by atoms with Gasteiger partial charge in [-0.05, 0) is 56.3 Å². The van der Waals surface area contributed by atoms with Gasteiger partial charge in [-0.2, -0.15) is 0 Å². The first-order valence-corrected chi connectivity index (χ1v) is 7.83. The molecule has 2 nitrogen and oxygen atoms in total. The summed E-state index contributed by atoms with van der Waals surface area (Å²) < 4.78 is 13.0. The normalized spacial score (nSPS) is 24.9. The van der Waals surface area contributed by atoms with Crippen molar-refractivity contribution in [2.24, 2.45) is 11.7 Å². The van der Waals surface area contributed by atoms with Gasteiger partial charge in [0.05, 0.1) is 0 Å². The molecule has 2 rings (SSSR count). The first kappa shape index (κ1) is 15.5. The van der Waals surface area contributed by atoms with Crippen LogP contribution in [0.1, 0.15) is 50.6 Å². The van der Waals surface area contributed by atoms with E-state index in [1.807, 2.05) is 12.1 Å². The quantitative estimate of drug-likeness (QED) is 0.889. The number of nitrogens with zero attached hydrogens (tertiary/aromatic N) is 1. The van der Waals surface area contributed by atoms with Crippen molar-refractivity contribution in [1.29, 1.82) is 0 Å². The highest BCUT2D eigenvalue weighted by atomic mass is 19.1. The lowest BCUT2D eigenvalue weighted by Gasteiger charge is -2.39. The van der Waals surface area contributed by atoms with Crippen LogP contribution in [0.15, 0.2) is 24.3 Å². The first-order valence-electron chi connectivity index (χ1n) is 7.83. The summed E-state index contributed by atoms with van der Waals surface area (Å²) in [5, 5.41) is 0. The maximum Gasteiger partial charge on any atom is 0.123 e. The molecule has 20 heavy (non-hydrogen) atoms. The van der Waals surface area contributed by atoms with Gasteiger partial charge in [0.2, 0.25) is 0 Å². The lowest BCUT2D eigenvalue weighted by Crippen LogP contribution is -2.40. The van der Waals surface area contributed by atoms with Crippen molar-refractivity contribution >= 4 is 0 Å². The van der Waals surface area contributed by atoms with Crippen LogP contribution < -0.4 is 5.73 Å². The number of rotatable bonds is 5. The molecule has 1 saturated carbocycles. The summed E-state index contributed by atoms with van der Waals surface area (Å²) in [5.74, 6) is 0.720. The van der Waals surface area contributed by atoms with E-state index in [2.05, 4.69) is 18.9 Å². The van der Waals surface area contributed by atoms with Gasteiger partial charge in [-0.15, -0.1) is 0 Å². The van der Waals surface area contributed by atoms with Crippen LogP contribution >= 0.6 is 0 Å². The summed E-state index contributed by atoms with van der Waals surface area (Å²) in [7, 11) is 2.16. The first-order chi connectivity index (χ1) is 9.65. The average Bonchev–Trinajstić information content (AvgIpc) is 2.50. The second-order valence-corrected chi connectivity index (χ2v) is 6.05. The Labute approximate surface area is 122 Å². The smallest absolute Gasteiger partial charge is 0.123 e. The Hall–Kier alpha value is -0.930. The Morgan fingerprint density at radius 2 is 1.80 bits per heavy atom. The number of likely N-dealkylation sites (N-methyl/N-ethyl adjacent to an activating group) is 1. The van der Waals surface area contributed by atoms with Gasteiger partial charge in [-0.1, -0.05) is 25.5 Å². The Kier molecular flexibility index (Phi) is 5.55. The van der Waals surface area contributed by atoms with E-state index in [4.69, 9.17) is 5.73 Å². The van der Waals surface area contributed by atoms with E-state index >= 15 is 0 Å². The van der Waals surface area contributed by atoms with Crippen molar-refractivity contribution in [2.75, 3.05) is 13.6 Å². The lowest BCUT2D eigenvalue weighted by atomic mass is 9.83. The SMILES string of the molecule is CCC1CCC(N(C)C(CN)c2ccc(F)cc2)CC1. The molecule has 1 aromatic rings. The molecule has 0 saturated heterocycles. The Balaban J connectivity index is 2.02. The standard InChI is InChI=1S/C17H27FN2/c1-3-13-4-10-16(11-5-13)20(2)17(12-19)14-6-8-15(18)9-7-14/h6-9,13,16-17H,3-5,10-12,19H2,1-2H3. The molecular weight excluding hydrogens is 251 g/mol. The van der Waals surface area contributed by atoms with Crippen LogP contribution in [0.2, 0.25) is 0 Å². The third-order valence-electron chi connectivity index (χ3n) is 4.94. The zero-order valence-electron chi connectivity index (χ0n) is 12.7. The number of hydrogen-bond donors (Lipinski definition) is 1. The van der Waals surface area contributed by atoms with Crippen molar-refractivity contribution in [2.45, 2.75) is 51.1 Å². The van der Waals surface area contributed by atoms with E-state index in [0.29, 0.717) is 12.6 Å². The fraction of sp³-hybridized carbons (Fsp3) is 0.647. The van der Waals surface area contributed by atoms with Gasteiger partial charge in [0.25, 0.3) is 0 Å². The number of nitrogens with two attached hydrogens (primary N) is 1. The third-order valence-corrected chi connectivity index (χ3v) is 4.94. The molecule has 1 aliphatic rings. The minimum absolute atomic E-state index is 0.185. The molecule has 1 aromatic carbocycles. The van der Waals surface area contributed by atoms with Crippen LogP contribution in [0, 0.1) is 11.7 Å². The number of hydrogen-bond acceptors (Lipinski definition) is 2. The van der Waals surface area contributed by atoms with Crippen molar-refractivity contribution in [3.8, 4) is 0 Å². The summed E-state index contributed by atoms with van der Waals surface area (Å²) in [6.45, 7) is 2.87. The summed E-state index contributed by atoms with van der Waals surface area (Å²) in [6.07, 6.45) is 6.46. The number of benzene rings is 1. The summed E-state index contributed by atoms with van der Waals surface area (Å²) in [5.41, 5.74) is 7.09. The van der Waals surface area contributed by atoms with Gasteiger partial charge in [-0.3, -0.25) is 4.90 Å². The van der Waals surface area contributed by atoms with E-state index in [1.54, 1.807) is 0 Å². The summed E-state index contributed by atoms with van der Waals surface area (Å²) in [6, 6.07) is 7.58. The van der Waals surface area contributed by atoms with Gasteiger partial charge in [-0.25, -0.2) is 4.39 Å². The van der Waals surface area contributed by atoms with Crippen LogP contribution in [0.3, 0.4) is 0 Å². The largest absolute Gasteiger partial charge is 0.329 e. The van der Waals surface area contributed by atoms with Crippen LogP contribution in [-0.2, 0) is 0 Å². The minimum atomic E-state index is -0.185. The molecule has 112 valence electrons. The Bertz CT molecular complexity index is 396. The molecule has 1 atom stereocenters. The predicted octanol–water partition coefficient (Wildman–Crippen LogP) is 3.73. The zero-order valence-corrected chi connectivity index (χ0v) is 12.7. The highest BCUT2D eigenvalue weighted by Gasteiger charge is 2.27.